The zero-order valence-corrected chi connectivity index (χ0v) is 15.6. The van der Waals surface area contributed by atoms with Gasteiger partial charge in [-0.3, -0.25) is 0 Å². The molecule has 1 fully saturated rings. The lowest BCUT2D eigenvalue weighted by molar-refractivity contribution is 0.304. The van der Waals surface area contributed by atoms with E-state index in [9.17, 15) is 0 Å². The minimum absolute atomic E-state index is 0.317. The molecule has 142 valence electrons. The molecule has 5 rings (SSSR count). The third kappa shape index (κ3) is 3.35. The van der Waals surface area contributed by atoms with Crippen molar-refractivity contribution in [3.8, 4) is 11.5 Å². The zero-order chi connectivity index (χ0) is 18.8. The van der Waals surface area contributed by atoms with E-state index in [-0.39, 0.29) is 0 Å². The van der Waals surface area contributed by atoms with Crippen LogP contribution in [0.3, 0.4) is 0 Å². The lowest BCUT2D eigenvalue weighted by Gasteiger charge is -2.34. The van der Waals surface area contributed by atoms with E-state index in [4.69, 9.17) is 8.83 Å². The van der Waals surface area contributed by atoms with Crippen LogP contribution in [0.2, 0.25) is 0 Å². The van der Waals surface area contributed by atoms with Crippen LogP contribution in [0.5, 0.6) is 0 Å². The van der Waals surface area contributed by atoms with E-state index in [0.717, 1.165) is 41.6 Å². The first-order valence-electron chi connectivity index (χ1n) is 9.80. The van der Waals surface area contributed by atoms with Gasteiger partial charge in [-0.2, -0.15) is 0 Å². The van der Waals surface area contributed by atoms with E-state index in [0.29, 0.717) is 18.0 Å². The van der Waals surface area contributed by atoms with Gasteiger partial charge in [0.05, 0.1) is 12.5 Å². The van der Waals surface area contributed by atoms with E-state index < -0.39 is 0 Å². The highest BCUT2D eigenvalue weighted by Crippen LogP contribution is 2.29. The quantitative estimate of drug-likeness (QED) is 0.532. The van der Waals surface area contributed by atoms with E-state index in [1.807, 2.05) is 6.07 Å². The third-order valence-electron chi connectivity index (χ3n) is 5.48. The number of piperidine rings is 1. The molecule has 3 heterocycles. The van der Waals surface area contributed by atoms with Crippen molar-refractivity contribution < 1.29 is 8.83 Å². The number of aromatic nitrogens is 1. The molecule has 1 aliphatic heterocycles. The Hall–Kier alpha value is -2.89. The summed E-state index contributed by atoms with van der Waals surface area (Å²) < 4.78 is 11.3. The minimum Gasteiger partial charge on any atom is -0.464 e. The molecule has 5 nitrogen and oxygen atoms in total. The van der Waals surface area contributed by atoms with Crippen LogP contribution in [-0.4, -0.2) is 17.6 Å². The second-order valence-corrected chi connectivity index (χ2v) is 7.28. The lowest BCUT2D eigenvalue weighted by Crippen LogP contribution is -2.45. The molecule has 2 aromatic heterocycles. The zero-order valence-electron chi connectivity index (χ0n) is 15.6. The van der Waals surface area contributed by atoms with Crippen LogP contribution in [0, 0.1) is 0 Å². The van der Waals surface area contributed by atoms with Gasteiger partial charge in [-0.25, -0.2) is 4.98 Å². The number of hydrogen-bond acceptors (Lipinski definition) is 5. The Labute approximate surface area is 163 Å². The molecule has 2 N–H and O–H groups in total. The van der Waals surface area contributed by atoms with Gasteiger partial charge in [0.2, 0.25) is 5.89 Å². The first-order chi connectivity index (χ1) is 13.9. The number of benzene rings is 2. The second-order valence-electron chi connectivity index (χ2n) is 7.28. The molecular weight excluding hydrogens is 350 g/mol. The van der Waals surface area contributed by atoms with Gasteiger partial charge in [0.25, 0.3) is 0 Å². The summed E-state index contributed by atoms with van der Waals surface area (Å²) >= 11 is 0. The lowest BCUT2D eigenvalue weighted by atomic mass is 9.92. The topological polar surface area (TPSA) is 63.2 Å². The van der Waals surface area contributed by atoms with Gasteiger partial charge in [0.15, 0.2) is 0 Å². The molecule has 0 aliphatic carbocycles. The van der Waals surface area contributed by atoms with Gasteiger partial charge < -0.3 is 19.5 Å². The largest absolute Gasteiger partial charge is 0.464 e. The summed E-state index contributed by atoms with van der Waals surface area (Å²) in [5.74, 6) is 0.630. The molecule has 4 aromatic rings. The van der Waals surface area contributed by atoms with Crippen molar-refractivity contribution in [2.45, 2.75) is 31.5 Å². The van der Waals surface area contributed by atoms with Crippen molar-refractivity contribution in [1.82, 2.24) is 15.6 Å². The number of oxazole rings is 1. The highest BCUT2D eigenvalue weighted by atomic mass is 16.3. The normalized spacial score (nSPS) is 19.9. The molecule has 28 heavy (non-hydrogen) atoms. The molecule has 0 saturated carbocycles. The fourth-order valence-electron chi connectivity index (χ4n) is 4.14. The number of furan rings is 1. The number of nitrogens with zero attached hydrogens (tertiary/aromatic N) is 1. The van der Waals surface area contributed by atoms with Crippen LogP contribution in [-0.2, 0) is 6.54 Å². The van der Waals surface area contributed by atoms with E-state index in [1.54, 1.807) is 18.7 Å². The van der Waals surface area contributed by atoms with Crippen LogP contribution in [0.1, 0.15) is 30.0 Å². The maximum atomic E-state index is 5.77. The smallest absolute Gasteiger partial charge is 0.225 e. The van der Waals surface area contributed by atoms with Crippen molar-refractivity contribution in [3.63, 3.8) is 0 Å². The molecule has 0 amide bonds. The molecule has 1 saturated heterocycles. The highest BCUT2D eigenvalue weighted by molar-refractivity contribution is 5.85. The predicted octanol–water partition coefficient (Wildman–Crippen LogP) is 4.67. The Morgan fingerprint density at radius 2 is 2.00 bits per heavy atom. The van der Waals surface area contributed by atoms with Gasteiger partial charge >= 0.3 is 0 Å². The number of nitrogens with one attached hydrogen (secondary N) is 2. The van der Waals surface area contributed by atoms with E-state index in [1.165, 1.54) is 12.0 Å². The van der Waals surface area contributed by atoms with Gasteiger partial charge in [0.1, 0.15) is 11.8 Å². The summed E-state index contributed by atoms with van der Waals surface area (Å²) in [6, 6.07) is 17.5. The van der Waals surface area contributed by atoms with Crippen molar-refractivity contribution in [3.05, 3.63) is 78.4 Å². The Morgan fingerprint density at radius 1 is 1.07 bits per heavy atom. The molecule has 0 bridgehead atoms. The Morgan fingerprint density at radius 3 is 2.86 bits per heavy atom. The Kier molecular flexibility index (Phi) is 4.69. The average molecular weight is 373 g/mol. The number of fused-ring (bicyclic) bond motifs is 1. The Balaban J connectivity index is 1.41. The third-order valence-corrected chi connectivity index (χ3v) is 5.48. The fourth-order valence-corrected chi connectivity index (χ4v) is 4.14. The highest BCUT2D eigenvalue weighted by Gasteiger charge is 2.26. The molecule has 2 atom stereocenters. The van der Waals surface area contributed by atoms with Crippen molar-refractivity contribution in [1.29, 1.82) is 0 Å². The summed E-state index contributed by atoms with van der Waals surface area (Å²) in [6.45, 7) is 1.79. The monoisotopic (exact) mass is 373 g/mol. The fraction of sp³-hybridized carbons (Fsp3) is 0.261. The van der Waals surface area contributed by atoms with Crippen molar-refractivity contribution >= 4 is 11.0 Å². The second kappa shape index (κ2) is 7.62. The maximum absolute atomic E-state index is 5.77. The van der Waals surface area contributed by atoms with Crippen LogP contribution >= 0.6 is 0 Å². The van der Waals surface area contributed by atoms with Crippen LogP contribution in [0.15, 0.2) is 76.1 Å². The van der Waals surface area contributed by atoms with Crippen LogP contribution in [0.4, 0.5) is 0 Å². The summed E-state index contributed by atoms with van der Waals surface area (Å²) in [4.78, 5) is 4.29. The van der Waals surface area contributed by atoms with Gasteiger partial charge in [-0.05, 0) is 43.1 Å². The number of hydrogen-bond donors (Lipinski definition) is 2. The SMILES string of the molecule is c1ccc([C@@H]2NCCC[C@@H]2NCc2cc(-c3ncco3)cc3ccoc23)cc1. The molecule has 0 unspecified atom stereocenters. The average Bonchev–Trinajstić information content (AvgIpc) is 3.44. The van der Waals surface area contributed by atoms with Crippen LogP contribution < -0.4 is 10.6 Å². The van der Waals surface area contributed by atoms with E-state index in [2.05, 4.69) is 58.1 Å². The molecular formula is C23H23N3O2. The first-order valence-corrected chi connectivity index (χ1v) is 9.80. The maximum Gasteiger partial charge on any atom is 0.225 e. The van der Waals surface area contributed by atoms with Crippen molar-refractivity contribution in [2.75, 3.05) is 6.54 Å². The summed E-state index contributed by atoms with van der Waals surface area (Å²) in [6.07, 6.45) is 7.33. The molecule has 0 radical (unpaired) electrons. The predicted molar refractivity (Wildman–Crippen MR) is 109 cm³/mol. The number of rotatable bonds is 5. The van der Waals surface area contributed by atoms with E-state index >= 15 is 0 Å². The standard InChI is InChI=1S/C23H23N3O2/c1-2-5-16(6-3-1)21-20(7-4-9-24-21)26-15-19-14-18(23-25-10-12-28-23)13-17-8-11-27-22(17)19/h1-3,5-6,8,10-14,20-21,24,26H,4,7,9,15H2/t20-,21-/m0/s1. The first kappa shape index (κ1) is 17.2. The summed E-state index contributed by atoms with van der Waals surface area (Å²) in [5, 5.41) is 8.51. The molecule has 2 aromatic carbocycles. The summed E-state index contributed by atoms with van der Waals surface area (Å²) in [5.41, 5.74) is 4.34. The Bertz CT molecular complexity index is 1040. The molecule has 1 aliphatic rings. The van der Waals surface area contributed by atoms with Crippen molar-refractivity contribution in [2.24, 2.45) is 0 Å². The minimum atomic E-state index is 0.317. The molecule has 0 spiro atoms. The van der Waals surface area contributed by atoms with Gasteiger partial charge in [-0.15, -0.1) is 0 Å². The van der Waals surface area contributed by atoms with Gasteiger partial charge in [-0.1, -0.05) is 30.3 Å². The van der Waals surface area contributed by atoms with Crippen LogP contribution in [0.25, 0.3) is 22.4 Å². The molecule has 5 heteroatoms. The van der Waals surface area contributed by atoms with Gasteiger partial charge in [0, 0.05) is 35.1 Å². The summed E-state index contributed by atoms with van der Waals surface area (Å²) in [7, 11) is 0.